The number of aromatic nitrogens is 1. The fourth-order valence-corrected chi connectivity index (χ4v) is 3.90. The van der Waals surface area contributed by atoms with Gasteiger partial charge >= 0.3 is 12.3 Å². The van der Waals surface area contributed by atoms with E-state index >= 15 is 0 Å². The van der Waals surface area contributed by atoms with E-state index in [-0.39, 0.29) is 22.0 Å². The molecule has 0 bridgehead atoms. The first kappa shape index (κ1) is 23.3. The zero-order valence-electron chi connectivity index (χ0n) is 17.5. The molecule has 1 heterocycles. The lowest BCUT2D eigenvalue weighted by molar-refractivity contribution is -0.271. The third-order valence-corrected chi connectivity index (χ3v) is 5.47. The van der Waals surface area contributed by atoms with Crippen molar-refractivity contribution >= 4 is 22.7 Å². The predicted octanol–water partition coefficient (Wildman–Crippen LogP) is 4.75. The third kappa shape index (κ3) is 4.77. The number of pyridine rings is 1. The number of para-hydroxylation sites is 1. The number of carbonyl (C=O) groups is 1. The molecule has 6 nitrogen and oxygen atoms in total. The van der Waals surface area contributed by atoms with E-state index in [1.807, 2.05) is 0 Å². The molecule has 0 aliphatic heterocycles. The van der Waals surface area contributed by atoms with E-state index in [0.29, 0.717) is 5.56 Å². The standard InChI is InChI=1S/C23H23F3N2O4/c1-21(2,15-6-5-7-16(12-15)27-20(30)31)13-22(32,23(24,25)26)14-28-11-10-19(29)17-8-3-4-9-18(17)28/h3-12,27,32H,13-14H2,1-2H3,(H,30,31). The van der Waals surface area contributed by atoms with Crippen molar-refractivity contribution in [1.82, 2.24) is 4.57 Å². The summed E-state index contributed by atoms with van der Waals surface area (Å²) in [6.07, 6.45) is -5.71. The minimum atomic E-state index is -4.97. The van der Waals surface area contributed by atoms with Crippen molar-refractivity contribution in [1.29, 1.82) is 0 Å². The molecular formula is C23H23F3N2O4. The summed E-state index contributed by atoms with van der Waals surface area (Å²) in [5, 5.41) is 22.2. The monoisotopic (exact) mass is 448 g/mol. The number of alkyl halides is 3. The maximum absolute atomic E-state index is 14.2. The summed E-state index contributed by atoms with van der Waals surface area (Å²) in [6.45, 7) is 2.29. The van der Waals surface area contributed by atoms with E-state index in [1.54, 1.807) is 32.0 Å². The molecule has 1 unspecified atom stereocenters. The molecule has 0 saturated carbocycles. The lowest BCUT2D eigenvalue weighted by atomic mass is 9.74. The number of amides is 1. The lowest BCUT2D eigenvalue weighted by Gasteiger charge is -2.38. The molecule has 0 spiro atoms. The predicted molar refractivity (Wildman–Crippen MR) is 115 cm³/mol. The molecule has 2 aromatic carbocycles. The molecule has 0 fully saturated rings. The summed E-state index contributed by atoms with van der Waals surface area (Å²) < 4.78 is 43.7. The van der Waals surface area contributed by atoms with E-state index in [4.69, 9.17) is 5.11 Å². The van der Waals surface area contributed by atoms with Crippen LogP contribution in [0, 0.1) is 0 Å². The Kier molecular flexibility index (Phi) is 6.06. The van der Waals surface area contributed by atoms with Gasteiger partial charge in [0.2, 0.25) is 0 Å². The zero-order valence-corrected chi connectivity index (χ0v) is 17.5. The van der Waals surface area contributed by atoms with Crippen molar-refractivity contribution in [3.63, 3.8) is 0 Å². The second kappa shape index (κ2) is 8.31. The van der Waals surface area contributed by atoms with Gasteiger partial charge in [-0.15, -0.1) is 0 Å². The highest BCUT2D eigenvalue weighted by molar-refractivity contribution is 5.83. The maximum atomic E-state index is 14.2. The van der Waals surface area contributed by atoms with Crippen LogP contribution in [0.15, 0.2) is 65.6 Å². The maximum Gasteiger partial charge on any atom is 0.418 e. The highest BCUT2D eigenvalue weighted by atomic mass is 19.4. The third-order valence-electron chi connectivity index (χ3n) is 5.47. The Labute approximate surface area is 181 Å². The normalized spacial score (nSPS) is 14.2. The summed E-state index contributed by atoms with van der Waals surface area (Å²) in [4.78, 5) is 23.0. The van der Waals surface area contributed by atoms with Gasteiger partial charge < -0.3 is 14.8 Å². The van der Waals surface area contributed by atoms with E-state index in [9.17, 15) is 27.9 Å². The van der Waals surface area contributed by atoms with Crippen LogP contribution in [-0.2, 0) is 12.0 Å². The number of hydrogen-bond donors (Lipinski definition) is 3. The molecule has 0 aliphatic rings. The number of rotatable bonds is 6. The number of nitrogens with zero attached hydrogens (tertiary/aromatic N) is 1. The van der Waals surface area contributed by atoms with Crippen LogP contribution >= 0.6 is 0 Å². The number of benzene rings is 2. The molecule has 32 heavy (non-hydrogen) atoms. The van der Waals surface area contributed by atoms with Gasteiger partial charge in [0.15, 0.2) is 11.0 Å². The number of carboxylic acid groups (broad SMARTS) is 1. The molecule has 1 amide bonds. The number of hydrogen-bond acceptors (Lipinski definition) is 3. The molecular weight excluding hydrogens is 425 g/mol. The number of nitrogens with one attached hydrogen (secondary N) is 1. The Morgan fingerprint density at radius 2 is 1.75 bits per heavy atom. The molecule has 9 heteroatoms. The lowest BCUT2D eigenvalue weighted by Crippen LogP contribution is -2.52. The van der Waals surface area contributed by atoms with Crippen LogP contribution in [0.2, 0.25) is 0 Å². The van der Waals surface area contributed by atoms with Crippen LogP contribution in [-0.4, -0.2) is 32.7 Å². The fourth-order valence-electron chi connectivity index (χ4n) is 3.90. The van der Waals surface area contributed by atoms with Gasteiger partial charge in [0.1, 0.15) is 0 Å². The molecule has 3 N–H and O–H groups in total. The first-order valence-electron chi connectivity index (χ1n) is 9.80. The van der Waals surface area contributed by atoms with E-state index in [0.717, 1.165) is 0 Å². The smallest absolute Gasteiger partial charge is 0.418 e. The Bertz CT molecular complexity index is 1200. The van der Waals surface area contributed by atoms with Gasteiger partial charge in [-0.1, -0.05) is 38.1 Å². The second-order valence-electron chi connectivity index (χ2n) is 8.43. The number of aliphatic hydroxyl groups is 1. The first-order chi connectivity index (χ1) is 14.8. The van der Waals surface area contributed by atoms with Gasteiger partial charge in [0, 0.05) is 23.3 Å². The highest BCUT2D eigenvalue weighted by Gasteiger charge is 2.56. The Balaban J connectivity index is 2.01. The van der Waals surface area contributed by atoms with Crippen LogP contribution in [0.5, 0.6) is 0 Å². The molecule has 0 saturated heterocycles. The Hall–Kier alpha value is -3.33. The van der Waals surface area contributed by atoms with Crippen LogP contribution in [0.1, 0.15) is 25.8 Å². The summed E-state index contributed by atoms with van der Waals surface area (Å²) >= 11 is 0. The highest BCUT2D eigenvalue weighted by Crippen LogP contribution is 2.42. The molecule has 3 aromatic rings. The van der Waals surface area contributed by atoms with Gasteiger partial charge in [0.05, 0.1) is 12.1 Å². The number of fused-ring (bicyclic) bond motifs is 1. The van der Waals surface area contributed by atoms with Crippen molar-refractivity contribution in [2.75, 3.05) is 5.32 Å². The number of halogens is 3. The Morgan fingerprint density at radius 3 is 2.41 bits per heavy atom. The SMILES string of the molecule is CC(C)(CC(O)(Cn1ccc(=O)c2ccccc21)C(F)(F)F)c1cccc(NC(=O)O)c1. The number of anilines is 1. The summed E-state index contributed by atoms with van der Waals surface area (Å²) in [5.41, 5.74) is -3.69. The molecule has 1 aromatic heterocycles. The van der Waals surface area contributed by atoms with Gasteiger partial charge in [0.25, 0.3) is 0 Å². The zero-order chi connectivity index (χ0) is 23.7. The van der Waals surface area contributed by atoms with Gasteiger partial charge in [-0.05, 0) is 41.7 Å². The average Bonchev–Trinajstić information content (AvgIpc) is 2.69. The van der Waals surface area contributed by atoms with Crippen molar-refractivity contribution in [3.05, 3.63) is 76.6 Å². The van der Waals surface area contributed by atoms with E-state index in [1.165, 1.54) is 47.2 Å². The van der Waals surface area contributed by atoms with Crippen LogP contribution in [0.4, 0.5) is 23.7 Å². The Morgan fingerprint density at radius 1 is 1.06 bits per heavy atom. The molecule has 170 valence electrons. The quantitative estimate of drug-likeness (QED) is 0.507. The van der Waals surface area contributed by atoms with Crippen LogP contribution < -0.4 is 10.7 Å². The summed E-state index contributed by atoms with van der Waals surface area (Å²) in [6, 6.07) is 13.5. The van der Waals surface area contributed by atoms with E-state index < -0.39 is 36.3 Å². The molecule has 0 aliphatic carbocycles. The second-order valence-corrected chi connectivity index (χ2v) is 8.43. The van der Waals surface area contributed by atoms with Crippen molar-refractivity contribution in [2.45, 2.75) is 44.0 Å². The minimum absolute atomic E-state index is 0.213. The molecule has 1 atom stereocenters. The van der Waals surface area contributed by atoms with Crippen LogP contribution in [0.3, 0.4) is 0 Å². The minimum Gasteiger partial charge on any atom is -0.465 e. The van der Waals surface area contributed by atoms with Gasteiger partial charge in [-0.25, -0.2) is 4.79 Å². The summed E-state index contributed by atoms with van der Waals surface area (Å²) in [5.74, 6) is 0. The van der Waals surface area contributed by atoms with Crippen LogP contribution in [0.25, 0.3) is 10.9 Å². The molecule has 3 rings (SSSR count). The summed E-state index contributed by atoms with van der Waals surface area (Å²) in [7, 11) is 0. The van der Waals surface area contributed by atoms with Crippen molar-refractivity contribution in [3.8, 4) is 0 Å². The average molecular weight is 448 g/mol. The fraction of sp³-hybridized carbons (Fsp3) is 0.304. The van der Waals surface area contributed by atoms with E-state index in [2.05, 4.69) is 5.32 Å². The first-order valence-corrected chi connectivity index (χ1v) is 9.80. The molecule has 0 radical (unpaired) electrons. The van der Waals surface area contributed by atoms with Crippen molar-refractivity contribution in [2.24, 2.45) is 0 Å². The van der Waals surface area contributed by atoms with Gasteiger partial charge in [-0.3, -0.25) is 10.1 Å². The largest absolute Gasteiger partial charge is 0.465 e. The topological polar surface area (TPSA) is 91.6 Å². The van der Waals surface area contributed by atoms with Gasteiger partial charge in [-0.2, -0.15) is 13.2 Å². The van der Waals surface area contributed by atoms with Crippen molar-refractivity contribution < 1.29 is 28.2 Å².